The Bertz CT molecular complexity index is 629. The fraction of sp³-hybridized carbons (Fsp3) is 0. The Morgan fingerprint density at radius 2 is 2.05 bits per heavy atom. The molecule has 1 amide bonds. The number of amides is 1. The van der Waals surface area contributed by atoms with E-state index in [1.54, 1.807) is 18.5 Å². The number of benzene rings is 1. The third kappa shape index (κ3) is 4.25. The fourth-order valence-corrected chi connectivity index (χ4v) is 2.13. The number of rotatable bonds is 3. The van der Waals surface area contributed by atoms with E-state index < -0.39 is 0 Å². The first-order valence-electron chi connectivity index (χ1n) is 5.35. The molecular weight excluding hydrogens is 374 g/mol. The number of carbonyl (C=O) groups is 1. The van der Waals surface area contributed by atoms with Crippen LogP contribution in [0, 0.1) is 0 Å². The number of carbonyl (C=O) groups excluding carboxylic acids is 1. The van der Waals surface area contributed by atoms with Crippen LogP contribution in [0.2, 0.25) is 0 Å². The van der Waals surface area contributed by atoms with Gasteiger partial charge in [0.1, 0.15) is 0 Å². The summed E-state index contributed by atoms with van der Waals surface area (Å²) in [4.78, 5) is 15.7. The van der Waals surface area contributed by atoms with Crippen molar-refractivity contribution >= 4 is 44.0 Å². The largest absolute Gasteiger partial charge is 0.272 e. The van der Waals surface area contributed by atoms with Crippen LogP contribution in [0.25, 0.3) is 0 Å². The monoisotopic (exact) mass is 381 g/mol. The summed E-state index contributed by atoms with van der Waals surface area (Å²) >= 11 is 6.62. The van der Waals surface area contributed by atoms with Gasteiger partial charge >= 0.3 is 0 Å². The normalized spacial score (nSPS) is 10.6. The first-order chi connectivity index (χ1) is 9.15. The van der Waals surface area contributed by atoms with Gasteiger partial charge in [-0.25, -0.2) is 5.43 Å². The van der Waals surface area contributed by atoms with Gasteiger partial charge in [0.05, 0.1) is 11.8 Å². The van der Waals surface area contributed by atoms with Crippen molar-refractivity contribution < 1.29 is 4.79 Å². The predicted octanol–water partition coefficient (Wildman–Crippen LogP) is 3.37. The van der Waals surface area contributed by atoms with Gasteiger partial charge in [-0.1, -0.05) is 28.1 Å². The minimum atomic E-state index is -0.306. The zero-order chi connectivity index (χ0) is 13.7. The molecule has 2 aromatic rings. The van der Waals surface area contributed by atoms with E-state index in [0.29, 0.717) is 5.56 Å². The van der Waals surface area contributed by atoms with Crippen molar-refractivity contribution in [2.24, 2.45) is 5.10 Å². The standard InChI is InChI=1S/C13H9Br2N3O/c14-11-3-1-2-9(4-11)6-17-18-13(19)10-5-12(15)8-16-7-10/h1-8H,(H,18,19)/b17-6-. The second-order valence-electron chi connectivity index (χ2n) is 3.65. The lowest BCUT2D eigenvalue weighted by molar-refractivity contribution is 0.0954. The molecule has 0 saturated carbocycles. The van der Waals surface area contributed by atoms with Crippen LogP contribution in [0.4, 0.5) is 0 Å². The van der Waals surface area contributed by atoms with Crippen molar-refractivity contribution in [1.82, 2.24) is 10.4 Å². The highest BCUT2D eigenvalue weighted by atomic mass is 79.9. The van der Waals surface area contributed by atoms with E-state index in [9.17, 15) is 4.79 Å². The van der Waals surface area contributed by atoms with Gasteiger partial charge in [0.25, 0.3) is 5.91 Å². The highest BCUT2D eigenvalue weighted by Gasteiger charge is 2.04. The average molecular weight is 383 g/mol. The highest BCUT2D eigenvalue weighted by molar-refractivity contribution is 9.10. The van der Waals surface area contributed by atoms with Crippen molar-refractivity contribution in [3.63, 3.8) is 0 Å². The van der Waals surface area contributed by atoms with E-state index in [4.69, 9.17) is 0 Å². The Hall–Kier alpha value is -1.53. The van der Waals surface area contributed by atoms with Crippen LogP contribution >= 0.6 is 31.9 Å². The molecule has 0 aliphatic heterocycles. The summed E-state index contributed by atoms with van der Waals surface area (Å²) in [7, 11) is 0. The van der Waals surface area contributed by atoms with Gasteiger partial charge in [-0.15, -0.1) is 0 Å². The molecule has 0 aliphatic carbocycles. The predicted molar refractivity (Wildman–Crippen MR) is 81.1 cm³/mol. The average Bonchev–Trinajstić information content (AvgIpc) is 2.38. The Morgan fingerprint density at radius 3 is 2.79 bits per heavy atom. The summed E-state index contributed by atoms with van der Waals surface area (Å²) < 4.78 is 1.70. The molecule has 1 N–H and O–H groups in total. The van der Waals surface area contributed by atoms with Crippen molar-refractivity contribution in [1.29, 1.82) is 0 Å². The molecule has 6 heteroatoms. The molecule has 0 aliphatic rings. The van der Waals surface area contributed by atoms with Gasteiger partial charge in [0.15, 0.2) is 0 Å². The first-order valence-corrected chi connectivity index (χ1v) is 6.93. The van der Waals surface area contributed by atoms with E-state index in [2.05, 4.69) is 47.4 Å². The molecule has 2 rings (SSSR count). The SMILES string of the molecule is O=C(N/N=C\c1cccc(Br)c1)c1cncc(Br)c1. The molecule has 0 spiro atoms. The maximum absolute atomic E-state index is 11.8. The molecular formula is C13H9Br2N3O. The van der Waals surface area contributed by atoms with Gasteiger partial charge in [-0.3, -0.25) is 9.78 Å². The topological polar surface area (TPSA) is 54.4 Å². The third-order valence-electron chi connectivity index (χ3n) is 2.20. The Morgan fingerprint density at radius 1 is 1.21 bits per heavy atom. The second-order valence-corrected chi connectivity index (χ2v) is 5.48. The molecule has 0 radical (unpaired) electrons. The van der Waals surface area contributed by atoms with Crippen LogP contribution in [0.3, 0.4) is 0 Å². The van der Waals surface area contributed by atoms with Gasteiger partial charge in [-0.05, 0) is 39.7 Å². The summed E-state index contributed by atoms with van der Waals surface area (Å²) in [5, 5.41) is 3.90. The molecule has 4 nitrogen and oxygen atoms in total. The molecule has 19 heavy (non-hydrogen) atoms. The van der Waals surface area contributed by atoms with Crippen LogP contribution in [-0.2, 0) is 0 Å². The lowest BCUT2D eigenvalue weighted by Gasteiger charge is -1.99. The van der Waals surface area contributed by atoms with Crippen molar-refractivity contribution in [2.45, 2.75) is 0 Å². The lowest BCUT2D eigenvalue weighted by Crippen LogP contribution is -2.17. The number of pyridine rings is 1. The van der Waals surface area contributed by atoms with Gasteiger partial charge in [0.2, 0.25) is 0 Å². The number of aromatic nitrogens is 1. The minimum absolute atomic E-state index is 0.306. The molecule has 1 aromatic carbocycles. The molecule has 1 heterocycles. The van der Waals surface area contributed by atoms with Crippen molar-refractivity contribution in [2.75, 3.05) is 0 Å². The quantitative estimate of drug-likeness (QED) is 0.653. The van der Waals surface area contributed by atoms with Crippen LogP contribution in [0.15, 0.2) is 56.8 Å². The maximum Gasteiger partial charge on any atom is 0.272 e. The number of halogens is 2. The summed E-state index contributed by atoms with van der Waals surface area (Å²) in [6.07, 6.45) is 4.67. The second kappa shape index (κ2) is 6.58. The fourth-order valence-electron chi connectivity index (χ4n) is 1.35. The van der Waals surface area contributed by atoms with Crippen LogP contribution < -0.4 is 5.43 Å². The third-order valence-corrected chi connectivity index (χ3v) is 3.12. The van der Waals surface area contributed by atoms with E-state index in [0.717, 1.165) is 14.5 Å². The summed E-state index contributed by atoms with van der Waals surface area (Å²) in [6, 6.07) is 9.28. The number of hydrogen-bond donors (Lipinski definition) is 1. The zero-order valence-corrected chi connectivity index (χ0v) is 12.8. The van der Waals surface area contributed by atoms with Crippen LogP contribution in [-0.4, -0.2) is 17.1 Å². The van der Waals surface area contributed by atoms with Crippen molar-refractivity contribution in [3.8, 4) is 0 Å². The molecule has 0 bridgehead atoms. The van der Waals surface area contributed by atoms with Gasteiger partial charge in [-0.2, -0.15) is 5.10 Å². The van der Waals surface area contributed by atoms with Gasteiger partial charge in [0, 0.05) is 21.3 Å². The first kappa shape index (κ1) is 13.9. The number of hydrazone groups is 1. The number of nitrogens with one attached hydrogen (secondary N) is 1. The maximum atomic E-state index is 11.8. The zero-order valence-electron chi connectivity index (χ0n) is 9.68. The molecule has 0 saturated heterocycles. The molecule has 0 fully saturated rings. The van der Waals surface area contributed by atoms with Crippen LogP contribution in [0.5, 0.6) is 0 Å². The number of nitrogens with zero attached hydrogens (tertiary/aromatic N) is 2. The van der Waals surface area contributed by atoms with E-state index in [1.165, 1.54) is 6.20 Å². The van der Waals surface area contributed by atoms with Crippen LogP contribution in [0.1, 0.15) is 15.9 Å². The van der Waals surface area contributed by atoms with E-state index in [-0.39, 0.29) is 5.91 Å². The molecule has 0 atom stereocenters. The minimum Gasteiger partial charge on any atom is -0.267 e. The smallest absolute Gasteiger partial charge is 0.267 e. The molecule has 1 aromatic heterocycles. The van der Waals surface area contributed by atoms with Gasteiger partial charge < -0.3 is 0 Å². The highest BCUT2D eigenvalue weighted by Crippen LogP contribution is 2.10. The lowest BCUT2D eigenvalue weighted by atomic mass is 10.2. The Kier molecular flexibility index (Phi) is 4.81. The molecule has 0 unspecified atom stereocenters. The van der Waals surface area contributed by atoms with E-state index in [1.807, 2.05) is 24.3 Å². The summed E-state index contributed by atoms with van der Waals surface area (Å²) in [6.45, 7) is 0. The van der Waals surface area contributed by atoms with E-state index >= 15 is 0 Å². The number of hydrogen-bond acceptors (Lipinski definition) is 3. The Balaban J connectivity index is 2.01. The molecule has 96 valence electrons. The summed E-state index contributed by atoms with van der Waals surface area (Å²) in [5.41, 5.74) is 3.78. The Labute approximate surface area is 127 Å². The van der Waals surface area contributed by atoms with Crippen molar-refractivity contribution in [3.05, 3.63) is 62.8 Å². The summed E-state index contributed by atoms with van der Waals surface area (Å²) in [5.74, 6) is -0.306.